The molecule has 19 heavy (non-hydrogen) atoms. The molecular weight excluding hydrogens is 303 g/mol. The molecule has 0 saturated heterocycles. The summed E-state index contributed by atoms with van der Waals surface area (Å²) >= 11 is 0.368. The van der Waals surface area contributed by atoms with Crippen LogP contribution in [0.3, 0.4) is 0 Å². The summed E-state index contributed by atoms with van der Waals surface area (Å²) in [6.07, 6.45) is 4.39. The van der Waals surface area contributed by atoms with Gasteiger partial charge in [0.25, 0.3) is 0 Å². The van der Waals surface area contributed by atoms with Crippen molar-refractivity contribution in [2.75, 3.05) is 0 Å². The fourth-order valence-electron chi connectivity index (χ4n) is 2.10. The van der Waals surface area contributed by atoms with E-state index in [2.05, 4.69) is 38.1 Å². The molecule has 2 atom stereocenters. The Hall–Kier alpha value is -0.791. The molecule has 0 aromatic heterocycles. The topological polar surface area (TPSA) is 26.3 Å². The second-order valence-electron chi connectivity index (χ2n) is 4.69. The third kappa shape index (κ3) is 6.26. The maximum atomic E-state index is 11.3. The average molecular weight is 327 g/mol. The Bertz CT molecular complexity index is 364. The number of hydrogen-bond acceptors (Lipinski definition) is 2. The molecule has 0 N–H and O–H groups in total. The number of carbonyl (C=O) groups excluding carboxylic acids is 1. The molecule has 0 spiro atoms. The van der Waals surface area contributed by atoms with Crippen molar-refractivity contribution in [2.24, 2.45) is 0 Å². The molecule has 3 heteroatoms. The molecule has 0 fully saturated rings. The minimum atomic E-state index is -0.150. The van der Waals surface area contributed by atoms with Crippen LogP contribution in [-0.2, 0) is 9.53 Å². The van der Waals surface area contributed by atoms with Crippen molar-refractivity contribution in [1.29, 1.82) is 0 Å². The van der Waals surface area contributed by atoms with E-state index in [0.717, 1.165) is 25.7 Å². The van der Waals surface area contributed by atoms with Crippen LogP contribution in [0.4, 0.5) is 0 Å². The Morgan fingerprint density at radius 2 is 1.79 bits per heavy atom. The van der Waals surface area contributed by atoms with Crippen LogP contribution in [0, 0.1) is 0 Å². The SMILES string of the molecule is CCC[C@H]([Se]c1ccccc1)[C@@H](CCC)OC(C)=O. The Morgan fingerprint density at radius 3 is 2.32 bits per heavy atom. The predicted molar refractivity (Wildman–Crippen MR) is 81.0 cm³/mol. The van der Waals surface area contributed by atoms with Crippen molar-refractivity contribution in [3.05, 3.63) is 30.3 Å². The summed E-state index contributed by atoms with van der Waals surface area (Å²) in [4.78, 5) is 11.8. The minimum absolute atomic E-state index is 0.0858. The van der Waals surface area contributed by atoms with E-state index in [1.165, 1.54) is 11.4 Å². The Labute approximate surface area is 123 Å². The van der Waals surface area contributed by atoms with Gasteiger partial charge in [-0.3, -0.25) is 0 Å². The fraction of sp³-hybridized carbons (Fsp3) is 0.562. The van der Waals surface area contributed by atoms with Gasteiger partial charge in [0.2, 0.25) is 0 Å². The van der Waals surface area contributed by atoms with Crippen molar-refractivity contribution in [1.82, 2.24) is 0 Å². The number of rotatable bonds is 8. The van der Waals surface area contributed by atoms with Crippen LogP contribution in [0.2, 0.25) is 4.82 Å². The van der Waals surface area contributed by atoms with E-state index in [9.17, 15) is 4.79 Å². The van der Waals surface area contributed by atoms with Crippen LogP contribution >= 0.6 is 0 Å². The molecule has 1 aromatic rings. The van der Waals surface area contributed by atoms with Crippen molar-refractivity contribution in [2.45, 2.75) is 57.4 Å². The molecule has 0 radical (unpaired) electrons. The second-order valence-corrected chi connectivity index (χ2v) is 7.45. The van der Waals surface area contributed by atoms with E-state index in [-0.39, 0.29) is 12.1 Å². The molecule has 0 aliphatic heterocycles. The van der Waals surface area contributed by atoms with Gasteiger partial charge in [0.05, 0.1) is 0 Å². The molecule has 1 aromatic carbocycles. The molecule has 106 valence electrons. The molecule has 0 aliphatic carbocycles. The first-order valence-corrected chi connectivity index (χ1v) is 8.90. The van der Waals surface area contributed by atoms with Gasteiger partial charge in [0.1, 0.15) is 0 Å². The summed E-state index contributed by atoms with van der Waals surface area (Å²) in [6, 6.07) is 10.6. The first-order valence-electron chi connectivity index (χ1n) is 7.06. The van der Waals surface area contributed by atoms with Gasteiger partial charge in [-0.1, -0.05) is 0 Å². The second kappa shape index (κ2) is 9.17. The van der Waals surface area contributed by atoms with Crippen molar-refractivity contribution < 1.29 is 9.53 Å². The molecule has 0 bridgehead atoms. The quantitative estimate of drug-likeness (QED) is 0.541. The maximum absolute atomic E-state index is 11.3. The number of esters is 1. The summed E-state index contributed by atoms with van der Waals surface area (Å²) in [5.74, 6) is -0.150. The van der Waals surface area contributed by atoms with Crippen LogP contribution in [0.5, 0.6) is 0 Å². The van der Waals surface area contributed by atoms with Gasteiger partial charge in [0, 0.05) is 0 Å². The standard InChI is InChI=1S/C16H24O2Se/c1-4-9-15(18-13(3)17)16(10-5-2)19-14-11-7-6-8-12-14/h6-8,11-12,15-16H,4-5,9-10H2,1-3H3/t15-,16+/m1/s1. The van der Waals surface area contributed by atoms with E-state index in [4.69, 9.17) is 4.74 Å². The van der Waals surface area contributed by atoms with Crippen LogP contribution in [0.15, 0.2) is 30.3 Å². The summed E-state index contributed by atoms with van der Waals surface area (Å²) < 4.78 is 6.94. The molecule has 0 amide bonds. The summed E-state index contributed by atoms with van der Waals surface area (Å²) in [6.45, 7) is 5.86. The Morgan fingerprint density at radius 1 is 1.16 bits per heavy atom. The molecule has 1 rings (SSSR count). The Balaban J connectivity index is 2.74. The predicted octanol–water partition coefficient (Wildman–Crippen LogP) is 3.34. The van der Waals surface area contributed by atoms with Crippen LogP contribution in [-0.4, -0.2) is 27.0 Å². The first-order chi connectivity index (χ1) is 9.17. The zero-order valence-corrected chi connectivity index (χ0v) is 13.8. The Kier molecular flexibility index (Phi) is 7.85. The van der Waals surface area contributed by atoms with Gasteiger partial charge in [-0.15, -0.1) is 0 Å². The van der Waals surface area contributed by atoms with E-state index in [1.54, 1.807) is 0 Å². The molecule has 0 aliphatic rings. The van der Waals surface area contributed by atoms with Gasteiger partial charge >= 0.3 is 123 Å². The van der Waals surface area contributed by atoms with E-state index in [0.29, 0.717) is 19.8 Å². The molecule has 0 unspecified atom stereocenters. The van der Waals surface area contributed by atoms with Gasteiger partial charge < -0.3 is 0 Å². The zero-order chi connectivity index (χ0) is 14.1. The van der Waals surface area contributed by atoms with Gasteiger partial charge in [0.15, 0.2) is 0 Å². The van der Waals surface area contributed by atoms with Crippen LogP contribution in [0.1, 0.15) is 46.5 Å². The number of hydrogen-bond donors (Lipinski definition) is 0. The van der Waals surface area contributed by atoms with E-state index in [1.807, 2.05) is 6.07 Å². The van der Waals surface area contributed by atoms with E-state index >= 15 is 0 Å². The van der Waals surface area contributed by atoms with Crippen molar-refractivity contribution in [3.8, 4) is 0 Å². The van der Waals surface area contributed by atoms with Crippen molar-refractivity contribution >= 4 is 25.4 Å². The van der Waals surface area contributed by atoms with Crippen LogP contribution < -0.4 is 4.46 Å². The zero-order valence-electron chi connectivity index (χ0n) is 12.1. The van der Waals surface area contributed by atoms with Gasteiger partial charge in [-0.05, 0) is 0 Å². The normalized spacial score (nSPS) is 13.8. The van der Waals surface area contributed by atoms with Gasteiger partial charge in [-0.25, -0.2) is 0 Å². The summed E-state index contributed by atoms with van der Waals surface area (Å²) in [7, 11) is 0. The van der Waals surface area contributed by atoms with Gasteiger partial charge in [-0.2, -0.15) is 0 Å². The number of ether oxygens (including phenoxy) is 1. The summed E-state index contributed by atoms with van der Waals surface area (Å²) in [5.41, 5.74) is 0. The molecule has 0 saturated carbocycles. The van der Waals surface area contributed by atoms with Crippen molar-refractivity contribution in [3.63, 3.8) is 0 Å². The fourth-order valence-corrected chi connectivity index (χ4v) is 4.95. The number of carbonyl (C=O) groups is 1. The first kappa shape index (κ1) is 16.3. The van der Waals surface area contributed by atoms with Crippen LogP contribution in [0.25, 0.3) is 0 Å². The summed E-state index contributed by atoms with van der Waals surface area (Å²) in [5, 5.41) is 0. The third-order valence-electron chi connectivity index (χ3n) is 2.91. The molecular formula is C16H24O2Se. The average Bonchev–Trinajstić information content (AvgIpc) is 2.38. The monoisotopic (exact) mass is 328 g/mol. The van der Waals surface area contributed by atoms with E-state index < -0.39 is 0 Å². The molecule has 2 nitrogen and oxygen atoms in total. The number of benzene rings is 1. The third-order valence-corrected chi connectivity index (χ3v) is 5.82. The molecule has 0 heterocycles.